The summed E-state index contributed by atoms with van der Waals surface area (Å²) in [6.45, 7) is 1.84. The van der Waals surface area contributed by atoms with Crippen LogP contribution < -0.4 is 4.74 Å². The van der Waals surface area contributed by atoms with Crippen LogP contribution >= 0.6 is 11.6 Å². The second-order valence-corrected chi connectivity index (χ2v) is 10.8. The van der Waals surface area contributed by atoms with E-state index in [1.165, 1.54) is 0 Å². The number of benzene rings is 2. The molecule has 2 aliphatic rings. The predicted octanol–water partition coefficient (Wildman–Crippen LogP) is 3.70. The lowest BCUT2D eigenvalue weighted by Gasteiger charge is -2.31. The molecule has 1 unspecified atom stereocenters. The van der Waals surface area contributed by atoms with Gasteiger partial charge in [0.2, 0.25) is 0 Å². The van der Waals surface area contributed by atoms with E-state index in [0.717, 1.165) is 10.5 Å². The predicted molar refractivity (Wildman–Crippen MR) is 127 cm³/mol. The molecule has 34 heavy (non-hydrogen) atoms. The minimum absolute atomic E-state index is 0.0893. The number of carbonyl (C=O) groups excluding carboxylic acids is 2. The van der Waals surface area contributed by atoms with Crippen molar-refractivity contribution in [1.82, 2.24) is 4.90 Å². The summed E-state index contributed by atoms with van der Waals surface area (Å²) in [5.74, 6) is -1.11. The number of ether oxygens (including phenoxy) is 1. The fourth-order valence-corrected chi connectivity index (χ4v) is 5.90. The molecule has 7 nitrogen and oxygen atoms in total. The summed E-state index contributed by atoms with van der Waals surface area (Å²) in [5, 5.41) is 10.2. The molecule has 0 spiro atoms. The number of nitrogens with zero attached hydrogens (tertiary/aromatic N) is 2. The van der Waals surface area contributed by atoms with Gasteiger partial charge in [0.25, 0.3) is 11.8 Å². The Morgan fingerprint density at radius 3 is 2.47 bits per heavy atom. The summed E-state index contributed by atoms with van der Waals surface area (Å²) in [4.78, 5) is 27.0. The Hall–Kier alpha value is -3.41. The highest BCUT2D eigenvalue weighted by molar-refractivity contribution is 7.91. The maximum atomic E-state index is 13.2. The molecule has 4 rings (SSSR count). The molecule has 1 fully saturated rings. The van der Waals surface area contributed by atoms with Gasteiger partial charge in [-0.15, -0.1) is 0 Å². The number of sulfone groups is 1. The van der Waals surface area contributed by atoms with Crippen LogP contribution in [0.25, 0.3) is 6.08 Å². The first kappa shape index (κ1) is 23.7. The Balaban J connectivity index is 1.58. The van der Waals surface area contributed by atoms with Crippen molar-refractivity contribution < 1.29 is 22.7 Å². The highest BCUT2D eigenvalue weighted by Gasteiger charge is 2.43. The Morgan fingerprint density at radius 1 is 1.15 bits per heavy atom. The van der Waals surface area contributed by atoms with Crippen molar-refractivity contribution in [2.45, 2.75) is 26.0 Å². The van der Waals surface area contributed by atoms with E-state index >= 15 is 0 Å². The van der Waals surface area contributed by atoms with Crippen LogP contribution in [0.5, 0.6) is 5.75 Å². The zero-order chi connectivity index (χ0) is 24.5. The molecule has 9 heteroatoms. The molecule has 0 radical (unpaired) electrons. The lowest BCUT2D eigenvalue weighted by Crippen LogP contribution is -2.49. The topological polar surface area (TPSA) is 105 Å². The van der Waals surface area contributed by atoms with Gasteiger partial charge in [0.15, 0.2) is 9.84 Å². The molecule has 2 amide bonds. The molecule has 0 N–H and O–H groups in total. The molecule has 0 aliphatic carbocycles. The van der Waals surface area contributed by atoms with Crippen LogP contribution in [-0.4, -0.2) is 42.7 Å². The monoisotopic (exact) mass is 496 g/mol. The normalized spacial score (nSPS) is 21.1. The first-order chi connectivity index (χ1) is 16.2. The van der Waals surface area contributed by atoms with Crippen molar-refractivity contribution >= 4 is 39.3 Å². The Morgan fingerprint density at radius 2 is 1.85 bits per heavy atom. The zero-order valence-electron chi connectivity index (χ0n) is 18.3. The van der Waals surface area contributed by atoms with Gasteiger partial charge in [0, 0.05) is 16.2 Å². The van der Waals surface area contributed by atoms with E-state index in [-0.39, 0.29) is 34.6 Å². The fraction of sp³-hybridized carbons (Fsp3) is 0.240. The standard InChI is InChI=1S/C25H21ClN2O5S/c1-16-21(24(29)28(25(30)22(16)13-27)19-10-11-34(31,32)15-19)12-17-6-8-20(9-7-17)33-14-18-4-2-3-5-23(18)26/h2-9,12,19H,10-11,14-15H2,1H3/b21-12-. The van der Waals surface area contributed by atoms with E-state index in [1.807, 2.05) is 24.3 Å². The van der Waals surface area contributed by atoms with Gasteiger partial charge in [0.1, 0.15) is 24.0 Å². The molecule has 2 heterocycles. The summed E-state index contributed by atoms with van der Waals surface area (Å²) in [6, 6.07) is 15.5. The van der Waals surface area contributed by atoms with E-state index in [2.05, 4.69) is 0 Å². The van der Waals surface area contributed by atoms with Crippen molar-refractivity contribution in [3.8, 4) is 11.8 Å². The average molecular weight is 497 g/mol. The molecule has 0 aromatic heterocycles. The van der Waals surface area contributed by atoms with Gasteiger partial charge >= 0.3 is 0 Å². The molecule has 174 valence electrons. The van der Waals surface area contributed by atoms with Crippen molar-refractivity contribution in [2.24, 2.45) is 0 Å². The second kappa shape index (κ2) is 9.45. The van der Waals surface area contributed by atoms with Gasteiger partial charge in [-0.05, 0) is 48.8 Å². The zero-order valence-corrected chi connectivity index (χ0v) is 19.9. The van der Waals surface area contributed by atoms with Gasteiger partial charge in [0.05, 0.1) is 17.5 Å². The highest BCUT2D eigenvalue weighted by atomic mass is 35.5. The number of carbonyl (C=O) groups is 2. The van der Waals surface area contributed by atoms with Gasteiger partial charge in [-0.3, -0.25) is 14.5 Å². The maximum absolute atomic E-state index is 13.2. The van der Waals surface area contributed by atoms with Crippen molar-refractivity contribution in [2.75, 3.05) is 11.5 Å². The third-order valence-electron chi connectivity index (χ3n) is 5.89. The molecule has 1 saturated heterocycles. The third kappa shape index (κ3) is 4.76. The lowest BCUT2D eigenvalue weighted by molar-refractivity contribution is -0.142. The summed E-state index contributed by atoms with van der Waals surface area (Å²) >= 11 is 6.15. The van der Waals surface area contributed by atoms with Gasteiger partial charge in [-0.1, -0.05) is 41.9 Å². The van der Waals surface area contributed by atoms with Gasteiger partial charge < -0.3 is 4.74 Å². The fourth-order valence-electron chi connectivity index (χ4n) is 4.01. The molecular formula is C25H21ClN2O5S. The molecule has 2 aromatic carbocycles. The summed E-state index contributed by atoms with van der Waals surface area (Å²) in [5.41, 5.74) is 1.82. The Labute approximate surface area is 202 Å². The smallest absolute Gasteiger partial charge is 0.271 e. The van der Waals surface area contributed by atoms with E-state index in [0.29, 0.717) is 22.9 Å². The van der Waals surface area contributed by atoms with E-state index in [9.17, 15) is 23.3 Å². The molecular weight excluding hydrogens is 476 g/mol. The van der Waals surface area contributed by atoms with Crippen LogP contribution in [0.4, 0.5) is 0 Å². The van der Waals surface area contributed by atoms with Crippen LogP contribution in [0.2, 0.25) is 5.02 Å². The van der Waals surface area contributed by atoms with Crippen LogP contribution in [0.1, 0.15) is 24.5 Å². The minimum atomic E-state index is -3.33. The Bertz CT molecular complexity index is 1370. The third-order valence-corrected chi connectivity index (χ3v) is 8.01. The molecule has 1 atom stereocenters. The van der Waals surface area contributed by atoms with Crippen molar-refractivity contribution in [3.63, 3.8) is 0 Å². The lowest BCUT2D eigenvalue weighted by atomic mass is 9.92. The van der Waals surface area contributed by atoms with Crippen molar-refractivity contribution in [1.29, 1.82) is 5.26 Å². The SMILES string of the molecule is CC1=C(C#N)C(=O)N(C2CCS(=O)(=O)C2)C(=O)/C1=C\c1ccc(OCc2ccccc2Cl)cc1. The van der Waals surface area contributed by atoms with Crippen LogP contribution in [0.3, 0.4) is 0 Å². The number of amides is 2. The minimum Gasteiger partial charge on any atom is -0.489 e. The first-order valence-electron chi connectivity index (χ1n) is 10.6. The summed E-state index contributed by atoms with van der Waals surface area (Å²) < 4.78 is 29.6. The van der Waals surface area contributed by atoms with Gasteiger partial charge in [-0.25, -0.2) is 8.42 Å². The number of imide groups is 1. The van der Waals surface area contributed by atoms with Crippen LogP contribution in [-0.2, 0) is 26.0 Å². The van der Waals surface area contributed by atoms with Gasteiger partial charge in [-0.2, -0.15) is 5.26 Å². The molecule has 2 aromatic rings. The number of halogens is 1. The Kier molecular flexibility index (Phi) is 6.60. The summed E-state index contributed by atoms with van der Waals surface area (Å²) in [6.07, 6.45) is 1.76. The number of rotatable bonds is 5. The van der Waals surface area contributed by atoms with E-state index in [1.54, 1.807) is 43.3 Å². The quantitative estimate of drug-likeness (QED) is 0.461. The largest absolute Gasteiger partial charge is 0.489 e. The van der Waals surface area contributed by atoms with Crippen molar-refractivity contribution in [3.05, 3.63) is 81.4 Å². The molecule has 0 saturated carbocycles. The highest BCUT2D eigenvalue weighted by Crippen LogP contribution is 2.31. The summed E-state index contributed by atoms with van der Waals surface area (Å²) in [7, 11) is -3.33. The number of hydrogen-bond acceptors (Lipinski definition) is 6. The molecule has 2 aliphatic heterocycles. The van der Waals surface area contributed by atoms with E-state index < -0.39 is 27.7 Å². The number of hydrogen-bond donors (Lipinski definition) is 0. The first-order valence-corrected chi connectivity index (χ1v) is 12.8. The van der Waals surface area contributed by atoms with Crippen LogP contribution in [0, 0.1) is 11.3 Å². The second-order valence-electron chi connectivity index (χ2n) is 8.16. The maximum Gasteiger partial charge on any atom is 0.271 e. The van der Waals surface area contributed by atoms with Crippen LogP contribution in [0.15, 0.2) is 65.3 Å². The van der Waals surface area contributed by atoms with E-state index in [4.69, 9.17) is 16.3 Å². The molecule has 0 bridgehead atoms. The number of nitriles is 1. The average Bonchev–Trinajstić information content (AvgIpc) is 3.16.